The highest BCUT2D eigenvalue weighted by atomic mass is 35.5. The maximum atomic E-state index is 5.86. The van der Waals surface area contributed by atoms with Crippen LogP contribution in [0.4, 0.5) is 0 Å². The molecule has 0 bridgehead atoms. The van der Waals surface area contributed by atoms with E-state index in [9.17, 15) is 0 Å². The smallest absolute Gasteiger partial charge is 0.129 e. The average Bonchev–Trinajstić information content (AvgIpc) is 2.54. The summed E-state index contributed by atoms with van der Waals surface area (Å²) in [5.74, 6) is 0. The summed E-state index contributed by atoms with van der Waals surface area (Å²) in [7, 11) is 0. The summed E-state index contributed by atoms with van der Waals surface area (Å²) < 4.78 is 0. The van der Waals surface area contributed by atoms with E-state index in [1.807, 2.05) is 6.07 Å². The van der Waals surface area contributed by atoms with Crippen molar-refractivity contribution in [2.45, 2.75) is 6.42 Å². The molecule has 1 aliphatic carbocycles. The molecule has 3 rings (SSSR count). The van der Waals surface area contributed by atoms with Crippen molar-refractivity contribution in [3.63, 3.8) is 0 Å². The fraction of sp³-hybridized carbons (Fsp3) is 0.0833. The summed E-state index contributed by atoms with van der Waals surface area (Å²) in [5.41, 5.74) is 4.97. The molecule has 68 valence electrons. The molecule has 0 atom stereocenters. The van der Waals surface area contributed by atoms with Crippen LogP contribution in [0.5, 0.6) is 0 Å². The largest absolute Gasteiger partial charge is 0.240 e. The Bertz CT molecular complexity index is 505. The summed E-state index contributed by atoms with van der Waals surface area (Å²) in [6.07, 6.45) is 0.909. The molecule has 1 aliphatic rings. The van der Waals surface area contributed by atoms with Gasteiger partial charge in [-0.1, -0.05) is 35.9 Å². The van der Waals surface area contributed by atoms with Crippen LogP contribution in [0.2, 0.25) is 5.15 Å². The standard InChI is InChI=1S/C12H8ClN/c13-12-6-5-10-9-4-2-1-3-8(9)7-11(10)14-12/h1-6H,7H2. The Morgan fingerprint density at radius 3 is 2.79 bits per heavy atom. The molecule has 0 amide bonds. The van der Waals surface area contributed by atoms with Crippen LogP contribution in [0.15, 0.2) is 36.4 Å². The second-order valence-corrected chi connectivity index (χ2v) is 3.85. The van der Waals surface area contributed by atoms with Crippen LogP contribution in [0, 0.1) is 0 Å². The van der Waals surface area contributed by atoms with E-state index < -0.39 is 0 Å². The Morgan fingerprint density at radius 1 is 1.00 bits per heavy atom. The zero-order chi connectivity index (χ0) is 9.54. The van der Waals surface area contributed by atoms with Crippen LogP contribution in [-0.2, 0) is 6.42 Å². The molecule has 1 heterocycles. The Balaban J connectivity index is 2.27. The third-order valence-electron chi connectivity index (χ3n) is 2.61. The number of aromatic nitrogens is 1. The number of nitrogens with zero attached hydrogens (tertiary/aromatic N) is 1. The van der Waals surface area contributed by atoms with E-state index in [2.05, 4.69) is 35.3 Å². The topological polar surface area (TPSA) is 12.9 Å². The van der Waals surface area contributed by atoms with Crippen LogP contribution < -0.4 is 0 Å². The summed E-state index contributed by atoms with van der Waals surface area (Å²) >= 11 is 5.86. The average molecular weight is 202 g/mol. The summed E-state index contributed by atoms with van der Waals surface area (Å²) in [5, 5.41) is 0.580. The normalized spacial score (nSPS) is 12.4. The minimum Gasteiger partial charge on any atom is -0.240 e. The van der Waals surface area contributed by atoms with Gasteiger partial charge in [0.15, 0.2) is 0 Å². The number of rotatable bonds is 0. The molecule has 0 fully saturated rings. The fourth-order valence-corrected chi connectivity index (χ4v) is 2.14. The lowest BCUT2D eigenvalue weighted by Gasteiger charge is -1.98. The molecule has 14 heavy (non-hydrogen) atoms. The molecular formula is C12H8ClN. The van der Waals surface area contributed by atoms with E-state index in [1.54, 1.807) is 0 Å². The maximum Gasteiger partial charge on any atom is 0.129 e. The van der Waals surface area contributed by atoms with Crippen LogP contribution in [0.1, 0.15) is 11.3 Å². The van der Waals surface area contributed by atoms with E-state index in [-0.39, 0.29) is 0 Å². The van der Waals surface area contributed by atoms with Gasteiger partial charge in [0, 0.05) is 12.0 Å². The monoisotopic (exact) mass is 201 g/mol. The lowest BCUT2D eigenvalue weighted by atomic mass is 10.1. The van der Waals surface area contributed by atoms with Crippen LogP contribution in [0.3, 0.4) is 0 Å². The Labute approximate surface area is 87.4 Å². The molecule has 0 saturated carbocycles. The van der Waals surface area contributed by atoms with Gasteiger partial charge in [0.25, 0.3) is 0 Å². The molecular weight excluding hydrogens is 194 g/mol. The summed E-state index contributed by atoms with van der Waals surface area (Å²) in [4.78, 5) is 4.33. The number of halogens is 1. The van der Waals surface area contributed by atoms with Crippen molar-refractivity contribution in [1.29, 1.82) is 0 Å². The van der Waals surface area contributed by atoms with Gasteiger partial charge in [-0.05, 0) is 23.3 Å². The molecule has 0 spiro atoms. The lowest BCUT2D eigenvalue weighted by molar-refractivity contribution is 1.12. The number of hydrogen-bond acceptors (Lipinski definition) is 1. The second kappa shape index (κ2) is 2.82. The van der Waals surface area contributed by atoms with Gasteiger partial charge in [0.2, 0.25) is 0 Å². The first kappa shape index (κ1) is 8.01. The minimum atomic E-state index is 0.580. The molecule has 1 nitrogen and oxygen atoms in total. The van der Waals surface area contributed by atoms with Crippen molar-refractivity contribution in [3.05, 3.63) is 52.8 Å². The third kappa shape index (κ3) is 1.06. The van der Waals surface area contributed by atoms with Gasteiger partial charge in [0.05, 0.1) is 5.69 Å². The highest BCUT2D eigenvalue weighted by molar-refractivity contribution is 6.29. The summed E-state index contributed by atoms with van der Waals surface area (Å²) in [6, 6.07) is 12.3. The Hall–Kier alpha value is -1.34. The van der Waals surface area contributed by atoms with Gasteiger partial charge in [-0.3, -0.25) is 0 Å². The van der Waals surface area contributed by atoms with Gasteiger partial charge in [-0.25, -0.2) is 4.98 Å². The quantitative estimate of drug-likeness (QED) is 0.509. The molecule has 2 aromatic rings. The van der Waals surface area contributed by atoms with Crippen molar-refractivity contribution < 1.29 is 0 Å². The zero-order valence-electron chi connectivity index (χ0n) is 7.50. The molecule has 0 unspecified atom stereocenters. The molecule has 1 aromatic heterocycles. The number of pyridine rings is 1. The van der Waals surface area contributed by atoms with E-state index in [0.717, 1.165) is 12.1 Å². The van der Waals surface area contributed by atoms with E-state index in [4.69, 9.17) is 11.6 Å². The second-order valence-electron chi connectivity index (χ2n) is 3.46. The first-order valence-electron chi connectivity index (χ1n) is 4.58. The van der Waals surface area contributed by atoms with Gasteiger partial charge in [0.1, 0.15) is 5.15 Å². The van der Waals surface area contributed by atoms with Crippen molar-refractivity contribution in [2.75, 3.05) is 0 Å². The van der Waals surface area contributed by atoms with E-state index >= 15 is 0 Å². The van der Waals surface area contributed by atoms with E-state index in [0.29, 0.717) is 5.15 Å². The number of fused-ring (bicyclic) bond motifs is 3. The Kier molecular flexibility index (Phi) is 1.62. The fourth-order valence-electron chi connectivity index (χ4n) is 1.97. The number of hydrogen-bond donors (Lipinski definition) is 0. The zero-order valence-corrected chi connectivity index (χ0v) is 8.25. The van der Waals surface area contributed by atoms with Crippen molar-refractivity contribution in [1.82, 2.24) is 4.98 Å². The van der Waals surface area contributed by atoms with Gasteiger partial charge >= 0.3 is 0 Å². The summed E-state index contributed by atoms with van der Waals surface area (Å²) in [6.45, 7) is 0. The highest BCUT2D eigenvalue weighted by Gasteiger charge is 2.18. The van der Waals surface area contributed by atoms with Crippen molar-refractivity contribution >= 4 is 11.6 Å². The highest BCUT2D eigenvalue weighted by Crippen LogP contribution is 2.35. The van der Waals surface area contributed by atoms with Gasteiger partial charge in [-0.15, -0.1) is 0 Å². The minimum absolute atomic E-state index is 0.580. The predicted molar refractivity (Wildman–Crippen MR) is 57.5 cm³/mol. The van der Waals surface area contributed by atoms with E-state index in [1.165, 1.54) is 16.7 Å². The molecule has 0 aliphatic heterocycles. The molecule has 0 N–H and O–H groups in total. The van der Waals surface area contributed by atoms with Crippen molar-refractivity contribution in [3.8, 4) is 11.1 Å². The molecule has 1 aromatic carbocycles. The van der Waals surface area contributed by atoms with Crippen LogP contribution in [0.25, 0.3) is 11.1 Å². The van der Waals surface area contributed by atoms with Crippen LogP contribution in [-0.4, -0.2) is 4.98 Å². The van der Waals surface area contributed by atoms with Gasteiger partial charge in [-0.2, -0.15) is 0 Å². The molecule has 2 heteroatoms. The maximum absolute atomic E-state index is 5.86. The first-order valence-corrected chi connectivity index (χ1v) is 4.96. The van der Waals surface area contributed by atoms with Crippen LogP contribution >= 0.6 is 11.6 Å². The SMILES string of the molecule is Clc1ccc2c(n1)Cc1ccccc1-2. The van der Waals surface area contributed by atoms with Gasteiger partial charge < -0.3 is 0 Å². The molecule has 0 radical (unpaired) electrons. The lowest BCUT2D eigenvalue weighted by Crippen LogP contribution is -1.85. The van der Waals surface area contributed by atoms with Crippen molar-refractivity contribution in [2.24, 2.45) is 0 Å². The third-order valence-corrected chi connectivity index (χ3v) is 2.82. The predicted octanol–water partition coefficient (Wildman–Crippen LogP) is 3.31. The first-order chi connectivity index (χ1) is 6.84. The molecule has 0 saturated heterocycles. The Morgan fingerprint density at radius 2 is 1.86 bits per heavy atom. The number of benzene rings is 1.